The van der Waals surface area contributed by atoms with E-state index in [0.29, 0.717) is 12.0 Å². The molecule has 10 heteroatoms. The van der Waals surface area contributed by atoms with Crippen LogP contribution in [-0.2, 0) is 28.5 Å². The third kappa shape index (κ3) is 21.5. The number of nitrogens with two attached hydrogens (primary N) is 2. The van der Waals surface area contributed by atoms with Crippen molar-refractivity contribution in [2.75, 3.05) is 13.2 Å². The second kappa shape index (κ2) is 15.8. The normalized spacial score (nSPS) is 10.3. The minimum atomic E-state index is -1.40. The van der Waals surface area contributed by atoms with Crippen LogP contribution < -0.4 is 11.5 Å². The first-order valence-electron chi connectivity index (χ1n) is 9.73. The number of carbonyl (C=O) groups excluding carboxylic acids is 4. The van der Waals surface area contributed by atoms with Crippen molar-refractivity contribution in [2.45, 2.75) is 66.6 Å². The van der Waals surface area contributed by atoms with Gasteiger partial charge >= 0.3 is 24.1 Å². The lowest BCUT2D eigenvalue weighted by Gasteiger charge is -2.17. The Bertz CT molecular complexity index is 610. The van der Waals surface area contributed by atoms with Gasteiger partial charge in [0.2, 0.25) is 0 Å². The maximum absolute atomic E-state index is 11.2. The summed E-state index contributed by atoms with van der Waals surface area (Å²) in [6.45, 7) is 16.2. The van der Waals surface area contributed by atoms with E-state index in [1.165, 1.54) is 26.7 Å². The van der Waals surface area contributed by atoms with Crippen LogP contribution in [0.1, 0.15) is 60.3 Å². The SMILES string of the molecule is C=C(C)C(=O)OC(COC(N)=O)OC(=O)C(=C)C.CC(C)(C)CCCCCOC(N)=O. The molecular formula is C21H36N2O8. The van der Waals surface area contributed by atoms with Crippen LogP contribution in [-0.4, -0.2) is 43.6 Å². The van der Waals surface area contributed by atoms with Gasteiger partial charge in [0.1, 0.15) is 0 Å². The van der Waals surface area contributed by atoms with Gasteiger partial charge in [0.25, 0.3) is 6.29 Å². The van der Waals surface area contributed by atoms with E-state index in [1.807, 2.05) is 0 Å². The number of carbonyl (C=O) groups is 4. The van der Waals surface area contributed by atoms with E-state index in [4.69, 9.17) is 20.9 Å². The summed E-state index contributed by atoms with van der Waals surface area (Å²) in [5.41, 5.74) is 10.2. The average molecular weight is 445 g/mol. The van der Waals surface area contributed by atoms with Gasteiger partial charge in [-0.2, -0.15) is 0 Å². The standard InChI is InChI=1S/C11H15NO6.C10H21NO2/c1-6(2)9(13)17-8(5-16-11(12)15)18-10(14)7(3)4;1-10(2,3)7-5-4-6-8-13-9(11)12/h8H,1,3,5H2,2,4H3,(H2,12,15);4-8H2,1-3H3,(H2,11,12). The van der Waals surface area contributed by atoms with Gasteiger partial charge in [-0.15, -0.1) is 0 Å². The highest BCUT2D eigenvalue weighted by Crippen LogP contribution is 2.21. The van der Waals surface area contributed by atoms with Gasteiger partial charge in [0, 0.05) is 11.1 Å². The fraction of sp³-hybridized carbons (Fsp3) is 0.619. The summed E-state index contributed by atoms with van der Waals surface area (Å²) in [4.78, 5) is 43.1. The summed E-state index contributed by atoms with van der Waals surface area (Å²) in [5.74, 6) is -1.58. The molecule has 0 aliphatic carbocycles. The Hall–Kier alpha value is -3.04. The van der Waals surface area contributed by atoms with E-state index >= 15 is 0 Å². The summed E-state index contributed by atoms with van der Waals surface area (Å²) < 4.78 is 18.5. The summed E-state index contributed by atoms with van der Waals surface area (Å²) in [5, 5.41) is 0. The predicted molar refractivity (Wildman–Crippen MR) is 115 cm³/mol. The lowest BCUT2D eigenvalue weighted by atomic mass is 9.89. The first-order chi connectivity index (χ1) is 14.2. The van der Waals surface area contributed by atoms with E-state index < -0.39 is 37.0 Å². The van der Waals surface area contributed by atoms with Crippen molar-refractivity contribution in [3.05, 3.63) is 24.3 Å². The molecule has 0 saturated carbocycles. The molecule has 0 aromatic heterocycles. The van der Waals surface area contributed by atoms with Crippen molar-refractivity contribution in [3.8, 4) is 0 Å². The van der Waals surface area contributed by atoms with Crippen molar-refractivity contribution in [1.82, 2.24) is 0 Å². The number of esters is 2. The van der Waals surface area contributed by atoms with Crippen LogP contribution in [0.2, 0.25) is 0 Å². The Morgan fingerprint density at radius 1 is 0.806 bits per heavy atom. The average Bonchev–Trinajstić information content (AvgIpc) is 2.61. The topological polar surface area (TPSA) is 157 Å². The van der Waals surface area contributed by atoms with Crippen molar-refractivity contribution in [1.29, 1.82) is 0 Å². The summed E-state index contributed by atoms with van der Waals surface area (Å²) in [7, 11) is 0. The van der Waals surface area contributed by atoms with E-state index in [2.05, 4.69) is 43.4 Å². The molecule has 0 fully saturated rings. The van der Waals surface area contributed by atoms with Crippen LogP contribution in [0.3, 0.4) is 0 Å². The molecule has 0 unspecified atom stereocenters. The summed E-state index contributed by atoms with van der Waals surface area (Å²) in [6, 6.07) is 0. The molecule has 0 radical (unpaired) electrons. The Balaban J connectivity index is 0. The van der Waals surface area contributed by atoms with Crippen LogP contribution in [0.15, 0.2) is 24.3 Å². The zero-order valence-corrected chi connectivity index (χ0v) is 19.2. The Morgan fingerprint density at radius 2 is 1.26 bits per heavy atom. The third-order valence-corrected chi connectivity index (χ3v) is 3.35. The molecule has 31 heavy (non-hydrogen) atoms. The first kappa shape index (κ1) is 30.2. The molecule has 0 aromatic rings. The summed E-state index contributed by atoms with van der Waals surface area (Å²) in [6.07, 6.45) is 1.26. The lowest BCUT2D eigenvalue weighted by molar-refractivity contribution is -0.188. The molecule has 0 bridgehead atoms. The number of hydrogen-bond acceptors (Lipinski definition) is 8. The molecular weight excluding hydrogens is 408 g/mol. The van der Waals surface area contributed by atoms with Crippen LogP contribution >= 0.6 is 0 Å². The molecule has 10 nitrogen and oxygen atoms in total. The number of hydrogen-bond donors (Lipinski definition) is 2. The zero-order valence-electron chi connectivity index (χ0n) is 19.2. The maximum atomic E-state index is 11.2. The molecule has 4 N–H and O–H groups in total. The van der Waals surface area contributed by atoms with Crippen LogP contribution in [0.4, 0.5) is 9.59 Å². The molecule has 0 rings (SSSR count). The van der Waals surface area contributed by atoms with Crippen molar-refractivity contribution < 1.29 is 38.1 Å². The molecule has 0 aromatic carbocycles. The molecule has 0 aliphatic rings. The fourth-order valence-electron chi connectivity index (χ4n) is 1.79. The van der Waals surface area contributed by atoms with Gasteiger partial charge in [0.05, 0.1) is 6.61 Å². The third-order valence-electron chi connectivity index (χ3n) is 3.35. The monoisotopic (exact) mass is 444 g/mol. The molecule has 0 saturated heterocycles. The second-order valence-electron chi connectivity index (χ2n) is 7.97. The molecule has 0 atom stereocenters. The Kier molecular flexibility index (Phi) is 15.3. The molecule has 0 spiro atoms. The number of primary amides is 2. The van der Waals surface area contributed by atoms with E-state index in [1.54, 1.807) is 0 Å². The highest BCUT2D eigenvalue weighted by atomic mass is 16.7. The highest BCUT2D eigenvalue weighted by molar-refractivity contribution is 5.88. The molecule has 178 valence electrons. The molecule has 0 heterocycles. The lowest BCUT2D eigenvalue weighted by Crippen LogP contribution is -2.31. The maximum Gasteiger partial charge on any atom is 0.404 e. The number of unbranched alkanes of at least 4 members (excludes halogenated alkanes) is 2. The fourth-order valence-corrected chi connectivity index (χ4v) is 1.79. The summed E-state index contributed by atoms with van der Waals surface area (Å²) >= 11 is 0. The van der Waals surface area contributed by atoms with Crippen molar-refractivity contribution >= 4 is 24.1 Å². The van der Waals surface area contributed by atoms with Crippen molar-refractivity contribution in [3.63, 3.8) is 0 Å². The van der Waals surface area contributed by atoms with E-state index in [0.717, 1.165) is 12.8 Å². The van der Waals surface area contributed by atoms with Crippen LogP contribution in [0.5, 0.6) is 0 Å². The van der Waals surface area contributed by atoms with Gasteiger partial charge in [-0.1, -0.05) is 46.8 Å². The van der Waals surface area contributed by atoms with Crippen LogP contribution in [0, 0.1) is 5.41 Å². The van der Waals surface area contributed by atoms with Crippen molar-refractivity contribution in [2.24, 2.45) is 16.9 Å². The van der Waals surface area contributed by atoms with E-state index in [9.17, 15) is 19.2 Å². The number of amides is 2. The molecule has 2 amide bonds. The minimum absolute atomic E-state index is 0.102. The molecule has 0 aliphatic heterocycles. The van der Waals surface area contributed by atoms with Gasteiger partial charge < -0.3 is 30.4 Å². The van der Waals surface area contributed by atoms with Gasteiger partial charge in [-0.05, 0) is 32.1 Å². The largest absolute Gasteiger partial charge is 0.450 e. The van der Waals surface area contributed by atoms with Gasteiger partial charge in [-0.3, -0.25) is 0 Å². The number of rotatable bonds is 11. The van der Waals surface area contributed by atoms with Gasteiger partial charge in [-0.25, -0.2) is 19.2 Å². The zero-order chi connectivity index (χ0) is 24.6. The quantitative estimate of drug-likeness (QED) is 0.161. The first-order valence-corrected chi connectivity index (χ1v) is 9.73. The van der Waals surface area contributed by atoms with Gasteiger partial charge in [0.15, 0.2) is 6.61 Å². The van der Waals surface area contributed by atoms with Crippen LogP contribution in [0.25, 0.3) is 0 Å². The highest BCUT2D eigenvalue weighted by Gasteiger charge is 2.21. The van der Waals surface area contributed by atoms with E-state index in [-0.39, 0.29) is 11.1 Å². The Morgan fingerprint density at radius 3 is 1.61 bits per heavy atom. The minimum Gasteiger partial charge on any atom is -0.450 e. The smallest absolute Gasteiger partial charge is 0.404 e. The Labute approximate surface area is 183 Å². The predicted octanol–water partition coefficient (Wildman–Crippen LogP) is 3.33. The second-order valence-corrected chi connectivity index (χ2v) is 7.97. The number of ether oxygens (including phenoxy) is 4.